The van der Waals surface area contributed by atoms with Crippen molar-refractivity contribution in [1.29, 1.82) is 5.26 Å². The first-order chi connectivity index (χ1) is 11.2. The van der Waals surface area contributed by atoms with Crippen molar-refractivity contribution in [3.8, 4) is 11.8 Å². The largest absolute Gasteiger partial charge is 0.492 e. The zero-order valence-electron chi connectivity index (χ0n) is 12.9. The van der Waals surface area contributed by atoms with Gasteiger partial charge in [-0.25, -0.2) is 0 Å². The van der Waals surface area contributed by atoms with Gasteiger partial charge in [0.25, 0.3) is 0 Å². The molecule has 0 bridgehead atoms. The van der Waals surface area contributed by atoms with Crippen LogP contribution in [0.4, 0.5) is 0 Å². The molecule has 1 N–H and O–H groups in total. The number of halogens is 1. The Morgan fingerprint density at radius 3 is 2.87 bits per heavy atom. The van der Waals surface area contributed by atoms with Gasteiger partial charge in [0.05, 0.1) is 12.1 Å². The third-order valence-electron chi connectivity index (χ3n) is 4.49. The minimum Gasteiger partial charge on any atom is -0.492 e. The van der Waals surface area contributed by atoms with E-state index in [2.05, 4.69) is 27.3 Å². The average Bonchev–Trinajstić information content (AvgIpc) is 3.23. The van der Waals surface area contributed by atoms with Gasteiger partial charge in [0.2, 0.25) is 5.91 Å². The topological polar surface area (TPSA) is 65.4 Å². The van der Waals surface area contributed by atoms with Crippen LogP contribution in [0.1, 0.15) is 25.7 Å². The molecule has 1 aromatic carbocycles. The Balaban J connectivity index is 1.49. The highest BCUT2D eigenvalue weighted by molar-refractivity contribution is 9.10. The lowest BCUT2D eigenvalue weighted by Crippen LogP contribution is -2.47. The number of nitriles is 1. The lowest BCUT2D eigenvalue weighted by molar-refractivity contribution is -0.133. The van der Waals surface area contributed by atoms with Gasteiger partial charge < -0.3 is 9.64 Å². The molecule has 3 rings (SSSR count). The number of ether oxygens (including phenoxy) is 1. The lowest BCUT2D eigenvalue weighted by atomic mass is 10.1. The molecule has 1 aromatic rings. The van der Waals surface area contributed by atoms with E-state index < -0.39 is 0 Å². The Labute approximate surface area is 144 Å². The maximum absolute atomic E-state index is 12.5. The van der Waals surface area contributed by atoms with E-state index in [9.17, 15) is 4.79 Å². The molecule has 2 heterocycles. The van der Waals surface area contributed by atoms with Gasteiger partial charge in [-0.1, -0.05) is 15.9 Å². The van der Waals surface area contributed by atoms with Gasteiger partial charge in [0, 0.05) is 17.1 Å². The molecule has 0 radical (unpaired) electrons. The Hall–Kier alpha value is -1.58. The molecule has 1 amide bonds. The van der Waals surface area contributed by atoms with E-state index in [1.165, 1.54) is 0 Å². The number of likely N-dealkylation sites (tertiary alicyclic amines) is 1. The monoisotopic (exact) mass is 377 g/mol. The van der Waals surface area contributed by atoms with Crippen LogP contribution in [-0.4, -0.2) is 42.1 Å². The number of rotatable bonds is 4. The molecule has 0 saturated carbocycles. The van der Waals surface area contributed by atoms with Crippen LogP contribution in [0.3, 0.4) is 0 Å². The van der Waals surface area contributed by atoms with Crippen LogP contribution in [-0.2, 0) is 4.79 Å². The first kappa shape index (κ1) is 16.3. The number of carbonyl (C=O) groups is 1. The standard InChI is InChI=1S/C17H20BrN3O2/c18-12-3-6-15(7-4-12)23-11-13-5-8-16(20-13)17(22)21-9-1-2-14(21)10-19/h3-4,6-7,13-14,16,20H,1-2,5,8-9,11H2. The van der Waals surface area contributed by atoms with Crippen LogP contribution >= 0.6 is 15.9 Å². The number of nitrogens with one attached hydrogen (secondary N) is 1. The zero-order chi connectivity index (χ0) is 16.2. The fraction of sp³-hybridized carbons (Fsp3) is 0.529. The van der Waals surface area contributed by atoms with Crippen LogP contribution < -0.4 is 10.1 Å². The average molecular weight is 378 g/mol. The Morgan fingerprint density at radius 1 is 1.35 bits per heavy atom. The molecule has 122 valence electrons. The Morgan fingerprint density at radius 2 is 2.13 bits per heavy atom. The van der Waals surface area contributed by atoms with Crippen LogP contribution in [0.25, 0.3) is 0 Å². The highest BCUT2D eigenvalue weighted by Crippen LogP contribution is 2.22. The molecule has 5 nitrogen and oxygen atoms in total. The van der Waals surface area contributed by atoms with E-state index in [4.69, 9.17) is 10.00 Å². The summed E-state index contributed by atoms with van der Waals surface area (Å²) in [6, 6.07) is 9.71. The minimum absolute atomic E-state index is 0.0696. The van der Waals surface area contributed by atoms with Gasteiger partial charge in [-0.15, -0.1) is 0 Å². The third-order valence-corrected chi connectivity index (χ3v) is 5.02. The molecule has 23 heavy (non-hydrogen) atoms. The Bertz CT molecular complexity index is 599. The predicted molar refractivity (Wildman–Crippen MR) is 89.9 cm³/mol. The molecule has 3 atom stereocenters. The highest BCUT2D eigenvalue weighted by Gasteiger charge is 2.36. The summed E-state index contributed by atoms with van der Waals surface area (Å²) in [4.78, 5) is 14.3. The van der Waals surface area contributed by atoms with E-state index >= 15 is 0 Å². The normalized spacial score (nSPS) is 27.0. The first-order valence-corrected chi connectivity index (χ1v) is 8.81. The first-order valence-electron chi connectivity index (χ1n) is 8.02. The molecule has 2 saturated heterocycles. The minimum atomic E-state index is -0.248. The second kappa shape index (κ2) is 7.33. The number of amides is 1. The van der Waals surface area contributed by atoms with Crippen LogP contribution in [0.2, 0.25) is 0 Å². The number of carbonyl (C=O) groups excluding carboxylic acids is 1. The van der Waals surface area contributed by atoms with E-state index in [1.54, 1.807) is 4.90 Å². The second-order valence-electron chi connectivity index (χ2n) is 6.08. The summed E-state index contributed by atoms with van der Waals surface area (Å²) in [6.45, 7) is 1.25. The van der Waals surface area contributed by atoms with Gasteiger partial charge in [-0.3, -0.25) is 10.1 Å². The number of nitrogens with zero attached hydrogens (tertiary/aromatic N) is 2. The summed E-state index contributed by atoms with van der Waals surface area (Å²) in [5, 5.41) is 12.5. The molecular formula is C17H20BrN3O2. The molecule has 0 spiro atoms. The summed E-state index contributed by atoms with van der Waals surface area (Å²) in [5.41, 5.74) is 0. The summed E-state index contributed by atoms with van der Waals surface area (Å²) >= 11 is 3.40. The molecule has 2 aliphatic rings. The zero-order valence-corrected chi connectivity index (χ0v) is 14.5. The van der Waals surface area contributed by atoms with Crippen molar-refractivity contribution in [3.05, 3.63) is 28.7 Å². The molecule has 2 fully saturated rings. The highest BCUT2D eigenvalue weighted by atomic mass is 79.9. The summed E-state index contributed by atoms with van der Waals surface area (Å²) in [5.74, 6) is 0.897. The van der Waals surface area contributed by atoms with Crippen molar-refractivity contribution < 1.29 is 9.53 Å². The van der Waals surface area contributed by atoms with E-state index in [0.717, 1.165) is 35.9 Å². The fourth-order valence-electron chi connectivity index (χ4n) is 3.24. The van der Waals surface area contributed by atoms with E-state index in [1.807, 2.05) is 24.3 Å². The molecule has 2 aliphatic heterocycles. The van der Waals surface area contributed by atoms with Crippen LogP contribution in [0.15, 0.2) is 28.7 Å². The van der Waals surface area contributed by atoms with Crippen molar-refractivity contribution in [2.45, 2.75) is 43.8 Å². The quantitative estimate of drug-likeness (QED) is 0.874. The van der Waals surface area contributed by atoms with Gasteiger partial charge in [0.15, 0.2) is 0 Å². The predicted octanol–water partition coefficient (Wildman–Crippen LogP) is 2.46. The van der Waals surface area contributed by atoms with Gasteiger partial charge in [-0.2, -0.15) is 5.26 Å². The van der Waals surface area contributed by atoms with Crippen molar-refractivity contribution in [2.75, 3.05) is 13.2 Å². The van der Waals surface area contributed by atoms with E-state index in [-0.39, 0.29) is 24.0 Å². The van der Waals surface area contributed by atoms with Gasteiger partial charge in [-0.05, 0) is 49.9 Å². The van der Waals surface area contributed by atoms with Crippen molar-refractivity contribution in [2.24, 2.45) is 0 Å². The number of benzene rings is 1. The van der Waals surface area contributed by atoms with Crippen LogP contribution in [0, 0.1) is 11.3 Å². The summed E-state index contributed by atoms with van der Waals surface area (Å²) in [6.07, 6.45) is 3.44. The molecular weight excluding hydrogens is 358 g/mol. The molecule has 0 aliphatic carbocycles. The van der Waals surface area contributed by atoms with Gasteiger partial charge >= 0.3 is 0 Å². The summed E-state index contributed by atoms with van der Waals surface area (Å²) in [7, 11) is 0. The third kappa shape index (κ3) is 3.85. The number of hydrogen-bond acceptors (Lipinski definition) is 4. The van der Waals surface area contributed by atoms with Crippen LogP contribution in [0.5, 0.6) is 5.75 Å². The SMILES string of the molecule is N#CC1CCCN1C(=O)C1CCC(COc2ccc(Br)cc2)N1. The fourth-order valence-corrected chi connectivity index (χ4v) is 3.50. The number of hydrogen-bond donors (Lipinski definition) is 1. The van der Waals surface area contributed by atoms with E-state index in [0.29, 0.717) is 13.2 Å². The summed E-state index contributed by atoms with van der Waals surface area (Å²) < 4.78 is 6.80. The maximum atomic E-state index is 12.5. The maximum Gasteiger partial charge on any atom is 0.240 e. The van der Waals surface area contributed by atoms with Crippen molar-refractivity contribution in [3.63, 3.8) is 0 Å². The van der Waals surface area contributed by atoms with Crippen molar-refractivity contribution in [1.82, 2.24) is 10.2 Å². The second-order valence-corrected chi connectivity index (χ2v) is 6.99. The Kier molecular flexibility index (Phi) is 5.19. The molecule has 6 heteroatoms. The smallest absolute Gasteiger partial charge is 0.240 e. The lowest BCUT2D eigenvalue weighted by Gasteiger charge is -2.23. The molecule has 0 aromatic heterocycles. The van der Waals surface area contributed by atoms with Gasteiger partial charge in [0.1, 0.15) is 18.4 Å². The molecule has 3 unspecified atom stereocenters. The van der Waals surface area contributed by atoms with Crippen molar-refractivity contribution >= 4 is 21.8 Å².